The SMILES string of the molecule is CC(C)c1nc(CC(=O)N[C@H]2CCc3nccn3C2)cs1. The second-order valence-corrected chi connectivity index (χ2v) is 6.70. The number of amides is 1. The molecular formula is C15H20N4OS. The minimum atomic E-state index is 0.0594. The van der Waals surface area contributed by atoms with Crippen molar-refractivity contribution in [1.82, 2.24) is 19.9 Å². The molecule has 0 radical (unpaired) electrons. The molecule has 0 saturated carbocycles. The van der Waals surface area contributed by atoms with Crippen LogP contribution in [0.2, 0.25) is 0 Å². The van der Waals surface area contributed by atoms with Gasteiger partial charge in [-0.15, -0.1) is 11.3 Å². The van der Waals surface area contributed by atoms with E-state index in [1.54, 1.807) is 11.3 Å². The van der Waals surface area contributed by atoms with Crippen molar-refractivity contribution >= 4 is 17.2 Å². The molecular weight excluding hydrogens is 284 g/mol. The van der Waals surface area contributed by atoms with Gasteiger partial charge in [-0.25, -0.2) is 9.97 Å². The average Bonchev–Trinajstić information content (AvgIpc) is 3.06. The highest BCUT2D eigenvalue weighted by atomic mass is 32.1. The third-order valence-electron chi connectivity index (χ3n) is 3.71. The van der Waals surface area contributed by atoms with Gasteiger partial charge >= 0.3 is 0 Å². The fraction of sp³-hybridized carbons (Fsp3) is 0.533. The van der Waals surface area contributed by atoms with Gasteiger partial charge in [0.2, 0.25) is 5.91 Å². The fourth-order valence-electron chi connectivity index (χ4n) is 2.60. The van der Waals surface area contributed by atoms with Crippen molar-refractivity contribution in [2.24, 2.45) is 0 Å². The first-order chi connectivity index (χ1) is 10.1. The Morgan fingerprint density at radius 3 is 3.19 bits per heavy atom. The summed E-state index contributed by atoms with van der Waals surface area (Å²) in [6.07, 6.45) is 6.05. The van der Waals surface area contributed by atoms with E-state index in [-0.39, 0.29) is 11.9 Å². The number of hydrogen-bond acceptors (Lipinski definition) is 4. The zero-order chi connectivity index (χ0) is 14.8. The van der Waals surface area contributed by atoms with Gasteiger partial charge in [-0.2, -0.15) is 0 Å². The minimum Gasteiger partial charge on any atom is -0.351 e. The lowest BCUT2D eigenvalue weighted by Crippen LogP contribution is -2.41. The second-order valence-electron chi connectivity index (χ2n) is 5.81. The summed E-state index contributed by atoms with van der Waals surface area (Å²) in [5.74, 6) is 1.59. The Morgan fingerprint density at radius 2 is 2.43 bits per heavy atom. The van der Waals surface area contributed by atoms with Gasteiger partial charge in [0.1, 0.15) is 5.82 Å². The zero-order valence-corrected chi connectivity index (χ0v) is 13.2. The lowest BCUT2D eigenvalue weighted by atomic mass is 10.1. The number of thiazole rings is 1. The molecule has 1 amide bonds. The number of nitrogens with one attached hydrogen (secondary N) is 1. The van der Waals surface area contributed by atoms with Gasteiger partial charge in [0, 0.05) is 42.7 Å². The van der Waals surface area contributed by atoms with E-state index in [0.717, 1.165) is 35.9 Å². The Kier molecular flexibility index (Phi) is 4.05. The summed E-state index contributed by atoms with van der Waals surface area (Å²) >= 11 is 1.63. The normalized spacial score (nSPS) is 17.8. The number of rotatable bonds is 4. The van der Waals surface area contributed by atoms with Crippen molar-refractivity contribution in [2.75, 3.05) is 0 Å². The Morgan fingerprint density at radius 1 is 1.57 bits per heavy atom. The van der Waals surface area contributed by atoms with E-state index in [4.69, 9.17) is 0 Å². The van der Waals surface area contributed by atoms with E-state index in [1.165, 1.54) is 0 Å². The molecule has 6 heteroatoms. The molecule has 5 nitrogen and oxygen atoms in total. The number of fused-ring (bicyclic) bond motifs is 1. The van der Waals surface area contributed by atoms with Gasteiger partial charge in [-0.1, -0.05) is 13.8 Å². The number of imidazole rings is 1. The molecule has 0 aromatic carbocycles. The number of hydrogen-bond donors (Lipinski definition) is 1. The van der Waals surface area contributed by atoms with E-state index < -0.39 is 0 Å². The van der Waals surface area contributed by atoms with E-state index in [1.807, 2.05) is 17.8 Å². The average molecular weight is 304 g/mol. The molecule has 0 spiro atoms. The quantitative estimate of drug-likeness (QED) is 0.941. The molecule has 0 saturated heterocycles. The Hall–Kier alpha value is -1.69. The van der Waals surface area contributed by atoms with Crippen molar-refractivity contribution in [3.63, 3.8) is 0 Å². The second kappa shape index (κ2) is 5.97. The number of carbonyl (C=O) groups excluding carboxylic acids is 1. The predicted molar refractivity (Wildman–Crippen MR) is 82.4 cm³/mol. The molecule has 3 heterocycles. The molecule has 1 atom stereocenters. The van der Waals surface area contributed by atoms with Gasteiger partial charge in [0.15, 0.2) is 0 Å². The summed E-state index contributed by atoms with van der Waals surface area (Å²) in [4.78, 5) is 21.0. The van der Waals surface area contributed by atoms with Crippen LogP contribution in [0.5, 0.6) is 0 Å². The monoisotopic (exact) mass is 304 g/mol. The Bertz CT molecular complexity index is 631. The van der Waals surface area contributed by atoms with Crippen LogP contribution in [0.1, 0.15) is 42.7 Å². The number of nitrogens with zero attached hydrogens (tertiary/aromatic N) is 3. The Labute approximate surface area is 128 Å². The highest BCUT2D eigenvalue weighted by Crippen LogP contribution is 2.19. The molecule has 0 fully saturated rings. The lowest BCUT2D eigenvalue weighted by Gasteiger charge is -2.24. The van der Waals surface area contributed by atoms with Crippen molar-refractivity contribution in [1.29, 1.82) is 0 Å². The van der Waals surface area contributed by atoms with Crippen LogP contribution >= 0.6 is 11.3 Å². The summed E-state index contributed by atoms with van der Waals surface area (Å²) in [5.41, 5.74) is 0.875. The predicted octanol–water partition coefficient (Wildman–Crippen LogP) is 2.14. The van der Waals surface area contributed by atoms with E-state index in [9.17, 15) is 4.79 Å². The molecule has 0 unspecified atom stereocenters. The first-order valence-corrected chi connectivity index (χ1v) is 8.23. The molecule has 1 N–H and O–H groups in total. The van der Waals surface area contributed by atoms with Crippen molar-refractivity contribution in [3.8, 4) is 0 Å². The number of carbonyl (C=O) groups is 1. The number of aryl methyl sites for hydroxylation is 1. The van der Waals surface area contributed by atoms with E-state index in [2.05, 4.69) is 33.7 Å². The lowest BCUT2D eigenvalue weighted by molar-refractivity contribution is -0.121. The first-order valence-electron chi connectivity index (χ1n) is 7.35. The van der Waals surface area contributed by atoms with Crippen LogP contribution in [0.4, 0.5) is 0 Å². The summed E-state index contributed by atoms with van der Waals surface area (Å²) in [7, 11) is 0. The van der Waals surface area contributed by atoms with Crippen LogP contribution < -0.4 is 5.32 Å². The standard InChI is InChI=1S/C15H20N4OS/c1-10(2)15-18-12(9-21-15)7-14(20)17-11-3-4-13-16-5-6-19(13)8-11/h5-6,9-11H,3-4,7-8H2,1-2H3,(H,17,20)/t11-/m0/s1. The molecule has 1 aliphatic rings. The summed E-state index contributed by atoms with van der Waals surface area (Å²) < 4.78 is 2.12. The van der Waals surface area contributed by atoms with Crippen LogP contribution in [0, 0.1) is 0 Å². The van der Waals surface area contributed by atoms with E-state index >= 15 is 0 Å². The third kappa shape index (κ3) is 3.32. The van der Waals surface area contributed by atoms with Crippen LogP contribution in [0.3, 0.4) is 0 Å². The van der Waals surface area contributed by atoms with Gasteiger partial charge < -0.3 is 9.88 Å². The van der Waals surface area contributed by atoms with Crippen molar-refractivity contribution < 1.29 is 4.79 Å². The van der Waals surface area contributed by atoms with Gasteiger partial charge in [-0.3, -0.25) is 4.79 Å². The maximum atomic E-state index is 12.1. The topological polar surface area (TPSA) is 59.8 Å². The molecule has 3 rings (SSSR count). The Balaban J connectivity index is 1.55. The molecule has 112 valence electrons. The molecule has 2 aromatic rings. The van der Waals surface area contributed by atoms with Crippen LogP contribution in [-0.4, -0.2) is 26.5 Å². The summed E-state index contributed by atoms with van der Waals surface area (Å²) in [5, 5.41) is 6.20. The third-order valence-corrected chi connectivity index (χ3v) is 4.90. The van der Waals surface area contributed by atoms with Crippen molar-refractivity contribution in [2.45, 2.75) is 51.6 Å². The number of aromatic nitrogens is 3. The molecule has 0 bridgehead atoms. The van der Waals surface area contributed by atoms with Crippen LogP contribution in [-0.2, 0) is 24.2 Å². The highest BCUT2D eigenvalue weighted by molar-refractivity contribution is 7.09. The molecule has 0 aliphatic carbocycles. The smallest absolute Gasteiger partial charge is 0.226 e. The molecule has 2 aromatic heterocycles. The van der Waals surface area contributed by atoms with Crippen LogP contribution in [0.25, 0.3) is 0 Å². The molecule has 1 aliphatic heterocycles. The van der Waals surface area contributed by atoms with Gasteiger partial charge in [-0.05, 0) is 6.42 Å². The largest absolute Gasteiger partial charge is 0.351 e. The maximum Gasteiger partial charge on any atom is 0.226 e. The van der Waals surface area contributed by atoms with Gasteiger partial charge in [0.25, 0.3) is 0 Å². The summed E-state index contributed by atoms with van der Waals surface area (Å²) in [6, 6.07) is 0.197. The van der Waals surface area contributed by atoms with E-state index in [0.29, 0.717) is 12.3 Å². The zero-order valence-electron chi connectivity index (χ0n) is 12.4. The summed E-state index contributed by atoms with van der Waals surface area (Å²) in [6.45, 7) is 5.05. The fourth-order valence-corrected chi connectivity index (χ4v) is 3.43. The minimum absolute atomic E-state index is 0.0594. The first kappa shape index (κ1) is 14.3. The highest BCUT2D eigenvalue weighted by Gasteiger charge is 2.20. The van der Waals surface area contributed by atoms with Gasteiger partial charge in [0.05, 0.1) is 17.1 Å². The molecule has 21 heavy (non-hydrogen) atoms. The van der Waals surface area contributed by atoms with Crippen molar-refractivity contribution in [3.05, 3.63) is 34.3 Å². The maximum absolute atomic E-state index is 12.1. The van der Waals surface area contributed by atoms with Crippen LogP contribution in [0.15, 0.2) is 17.8 Å².